The topological polar surface area (TPSA) is 54.9 Å². The van der Waals surface area contributed by atoms with Gasteiger partial charge in [-0.3, -0.25) is 4.99 Å². The molecule has 0 aliphatic heterocycles. The molecule has 6 heteroatoms. The van der Waals surface area contributed by atoms with Crippen LogP contribution in [0.3, 0.4) is 0 Å². The van der Waals surface area contributed by atoms with Gasteiger partial charge in [0.15, 0.2) is 17.5 Å². The van der Waals surface area contributed by atoms with Crippen molar-refractivity contribution < 1.29 is 13.9 Å². The molecule has 0 amide bonds. The number of halogens is 1. The van der Waals surface area contributed by atoms with E-state index < -0.39 is 0 Å². The Morgan fingerprint density at radius 3 is 2.62 bits per heavy atom. The van der Waals surface area contributed by atoms with Gasteiger partial charge in [-0.1, -0.05) is 24.3 Å². The van der Waals surface area contributed by atoms with Gasteiger partial charge in [0, 0.05) is 20.1 Å². The molecule has 0 saturated carbocycles. The summed E-state index contributed by atoms with van der Waals surface area (Å²) in [5, 5.41) is 6.44. The number of aliphatic imine (C=N–C) groups is 1. The van der Waals surface area contributed by atoms with E-state index in [-0.39, 0.29) is 5.82 Å². The van der Waals surface area contributed by atoms with E-state index in [1.54, 1.807) is 26.3 Å². The molecule has 0 saturated heterocycles. The average Bonchev–Trinajstić information content (AvgIpc) is 2.66. The highest BCUT2D eigenvalue weighted by molar-refractivity contribution is 5.79. The first-order valence-corrected chi connectivity index (χ1v) is 8.65. The molecule has 0 heterocycles. The molecule has 0 aliphatic carbocycles. The van der Waals surface area contributed by atoms with Crippen molar-refractivity contribution in [2.24, 2.45) is 4.99 Å². The van der Waals surface area contributed by atoms with Gasteiger partial charge in [0.1, 0.15) is 5.82 Å². The zero-order valence-electron chi connectivity index (χ0n) is 15.5. The molecule has 2 aromatic carbocycles. The van der Waals surface area contributed by atoms with E-state index in [4.69, 9.17) is 9.47 Å². The average molecular weight is 359 g/mol. The maximum absolute atomic E-state index is 13.6. The number of hydrogen-bond donors (Lipinski definition) is 2. The molecule has 0 aliphatic rings. The molecule has 2 aromatic rings. The van der Waals surface area contributed by atoms with Crippen molar-refractivity contribution in [1.82, 2.24) is 10.6 Å². The second-order valence-electron chi connectivity index (χ2n) is 5.61. The van der Waals surface area contributed by atoms with Gasteiger partial charge in [-0.05, 0) is 42.7 Å². The lowest BCUT2D eigenvalue weighted by atomic mass is 10.1. The number of nitrogens with one attached hydrogen (secondary N) is 2. The Morgan fingerprint density at radius 2 is 1.92 bits per heavy atom. The van der Waals surface area contributed by atoms with Crippen LogP contribution >= 0.6 is 0 Å². The van der Waals surface area contributed by atoms with Gasteiger partial charge in [0.05, 0.1) is 13.7 Å². The van der Waals surface area contributed by atoms with E-state index in [0.717, 1.165) is 11.3 Å². The zero-order chi connectivity index (χ0) is 18.8. The van der Waals surface area contributed by atoms with Crippen molar-refractivity contribution in [3.63, 3.8) is 0 Å². The minimum Gasteiger partial charge on any atom is -0.493 e. The number of benzene rings is 2. The summed E-state index contributed by atoms with van der Waals surface area (Å²) in [5.74, 6) is 1.91. The second-order valence-corrected chi connectivity index (χ2v) is 5.61. The van der Waals surface area contributed by atoms with Crippen molar-refractivity contribution in [1.29, 1.82) is 0 Å². The lowest BCUT2D eigenvalue weighted by Crippen LogP contribution is -2.37. The zero-order valence-corrected chi connectivity index (χ0v) is 15.5. The molecular weight excluding hydrogens is 333 g/mol. The standard InChI is InChI=1S/C20H26FN3O2/c1-4-26-19-13-15(9-10-18(19)25-3)14-24-20(22-2)23-12-11-16-7-5-6-8-17(16)21/h5-10,13H,4,11-12,14H2,1-3H3,(H2,22,23,24). The van der Waals surface area contributed by atoms with Crippen molar-refractivity contribution in [3.05, 3.63) is 59.4 Å². The summed E-state index contributed by atoms with van der Waals surface area (Å²) in [6, 6.07) is 12.6. The highest BCUT2D eigenvalue weighted by Gasteiger charge is 2.06. The third-order valence-electron chi connectivity index (χ3n) is 3.86. The van der Waals surface area contributed by atoms with Crippen LogP contribution in [0.2, 0.25) is 0 Å². The minimum atomic E-state index is -0.182. The first-order chi connectivity index (χ1) is 12.7. The Hall–Kier alpha value is -2.76. The Bertz CT molecular complexity index is 735. The second kappa shape index (κ2) is 10.3. The summed E-state index contributed by atoms with van der Waals surface area (Å²) >= 11 is 0. The molecule has 2 rings (SSSR count). The molecule has 0 radical (unpaired) electrons. The highest BCUT2D eigenvalue weighted by atomic mass is 19.1. The third-order valence-corrected chi connectivity index (χ3v) is 3.86. The number of ether oxygens (including phenoxy) is 2. The van der Waals surface area contributed by atoms with Crippen molar-refractivity contribution in [2.75, 3.05) is 27.3 Å². The summed E-state index contributed by atoms with van der Waals surface area (Å²) in [5.41, 5.74) is 1.73. The van der Waals surface area contributed by atoms with Crippen LogP contribution in [-0.4, -0.2) is 33.3 Å². The Kier molecular flexibility index (Phi) is 7.74. The maximum atomic E-state index is 13.6. The van der Waals surface area contributed by atoms with Gasteiger partial charge >= 0.3 is 0 Å². The molecular formula is C20H26FN3O2. The van der Waals surface area contributed by atoms with E-state index >= 15 is 0 Å². The first kappa shape index (κ1) is 19.6. The van der Waals surface area contributed by atoms with Crippen molar-refractivity contribution in [3.8, 4) is 11.5 Å². The highest BCUT2D eigenvalue weighted by Crippen LogP contribution is 2.27. The lowest BCUT2D eigenvalue weighted by molar-refractivity contribution is 0.310. The smallest absolute Gasteiger partial charge is 0.191 e. The summed E-state index contributed by atoms with van der Waals surface area (Å²) in [6.45, 7) is 3.69. The molecule has 0 unspecified atom stereocenters. The first-order valence-electron chi connectivity index (χ1n) is 8.65. The van der Waals surface area contributed by atoms with Crippen molar-refractivity contribution in [2.45, 2.75) is 19.9 Å². The van der Waals surface area contributed by atoms with Gasteiger partial charge in [0.25, 0.3) is 0 Å². The van der Waals surface area contributed by atoms with E-state index in [2.05, 4.69) is 15.6 Å². The fourth-order valence-electron chi connectivity index (χ4n) is 2.52. The van der Waals surface area contributed by atoms with Crippen LogP contribution < -0.4 is 20.1 Å². The summed E-state index contributed by atoms with van der Waals surface area (Å²) in [4.78, 5) is 4.19. The lowest BCUT2D eigenvalue weighted by Gasteiger charge is -2.14. The molecule has 0 bridgehead atoms. The number of methoxy groups -OCH3 is 1. The van der Waals surface area contributed by atoms with Gasteiger partial charge in [-0.15, -0.1) is 0 Å². The Labute approximate surface area is 154 Å². The van der Waals surface area contributed by atoms with Gasteiger partial charge in [0.2, 0.25) is 0 Å². The van der Waals surface area contributed by atoms with Crippen LogP contribution in [0.15, 0.2) is 47.5 Å². The largest absolute Gasteiger partial charge is 0.493 e. The third kappa shape index (κ3) is 5.65. The van der Waals surface area contributed by atoms with Gasteiger partial charge in [-0.25, -0.2) is 4.39 Å². The Balaban J connectivity index is 1.86. The summed E-state index contributed by atoms with van der Waals surface area (Å²) in [7, 11) is 3.33. The number of rotatable bonds is 8. The van der Waals surface area contributed by atoms with Gasteiger partial charge < -0.3 is 20.1 Å². The number of guanidine groups is 1. The van der Waals surface area contributed by atoms with Crippen LogP contribution in [0, 0.1) is 5.82 Å². The van der Waals surface area contributed by atoms with Crippen LogP contribution in [0.1, 0.15) is 18.1 Å². The fraction of sp³-hybridized carbons (Fsp3) is 0.350. The van der Waals surface area contributed by atoms with E-state index in [1.165, 1.54) is 6.07 Å². The predicted molar refractivity (Wildman–Crippen MR) is 102 cm³/mol. The molecule has 0 fully saturated rings. The molecule has 2 N–H and O–H groups in total. The van der Waals surface area contributed by atoms with Gasteiger partial charge in [-0.2, -0.15) is 0 Å². The molecule has 0 aromatic heterocycles. The molecule has 26 heavy (non-hydrogen) atoms. The van der Waals surface area contributed by atoms with Crippen LogP contribution in [0.5, 0.6) is 11.5 Å². The SMILES string of the molecule is CCOc1cc(CNC(=NC)NCCc2ccccc2F)ccc1OC. The molecule has 0 spiro atoms. The number of nitrogens with zero attached hydrogens (tertiary/aromatic N) is 1. The fourth-order valence-corrected chi connectivity index (χ4v) is 2.52. The normalized spacial score (nSPS) is 11.2. The maximum Gasteiger partial charge on any atom is 0.191 e. The van der Waals surface area contributed by atoms with Crippen molar-refractivity contribution >= 4 is 5.96 Å². The predicted octanol–water partition coefficient (Wildman–Crippen LogP) is 3.14. The van der Waals surface area contributed by atoms with Crippen LogP contribution in [-0.2, 0) is 13.0 Å². The molecule has 0 atom stereocenters. The monoisotopic (exact) mass is 359 g/mol. The minimum absolute atomic E-state index is 0.182. The van der Waals surface area contributed by atoms with E-state index in [1.807, 2.05) is 31.2 Å². The summed E-state index contributed by atoms with van der Waals surface area (Å²) < 4.78 is 24.5. The summed E-state index contributed by atoms with van der Waals surface area (Å²) in [6.07, 6.45) is 0.588. The Morgan fingerprint density at radius 1 is 1.12 bits per heavy atom. The number of hydrogen-bond acceptors (Lipinski definition) is 3. The van der Waals surface area contributed by atoms with Crippen LogP contribution in [0.25, 0.3) is 0 Å². The van der Waals surface area contributed by atoms with E-state index in [0.29, 0.717) is 43.4 Å². The quantitative estimate of drug-likeness (QED) is 0.562. The van der Waals surface area contributed by atoms with E-state index in [9.17, 15) is 4.39 Å². The molecule has 5 nitrogen and oxygen atoms in total. The molecule has 140 valence electrons. The van der Waals surface area contributed by atoms with Crippen LogP contribution in [0.4, 0.5) is 4.39 Å².